The van der Waals surface area contributed by atoms with E-state index in [2.05, 4.69) is 9.88 Å². The van der Waals surface area contributed by atoms with Crippen LogP contribution in [0.25, 0.3) is 0 Å². The van der Waals surface area contributed by atoms with Crippen molar-refractivity contribution in [1.29, 1.82) is 0 Å². The van der Waals surface area contributed by atoms with Gasteiger partial charge in [-0.15, -0.1) is 0 Å². The zero-order valence-corrected chi connectivity index (χ0v) is 16.5. The van der Waals surface area contributed by atoms with Crippen molar-refractivity contribution in [2.24, 2.45) is 11.8 Å². The van der Waals surface area contributed by atoms with E-state index in [1.165, 1.54) is 6.26 Å². The van der Waals surface area contributed by atoms with Gasteiger partial charge in [0.05, 0.1) is 25.6 Å². The molecule has 2 saturated heterocycles. The lowest BCUT2D eigenvalue weighted by atomic mass is 9.90. The molecule has 0 bridgehead atoms. The van der Waals surface area contributed by atoms with Crippen LogP contribution in [0.3, 0.4) is 0 Å². The van der Waals surface area contributed by atoms with Crippen LogP contribution in [0.5, 0.6) is 5.75 Å². The van der Waals surface area contributed by atoms with Crippen molar-refractivity contribution in [3.05, 3.63) is 59.9 Å². The summed E-state index contributed by atoms with van der Waals surface area (Å²) < 4.78 is 31.7. The second-order valence-electron chi connectivity index (χ2n) is 7.54. The van der Waals surface area contributed by atoms with Crippen LogP contribution in [0.4, 0.5) is 0 Å². The Morgan fingerprint density at radius 3 is 2.63 bits per heavy atom. The van der Waals surface area contributed by atoms with E-state index in [1.807, 2.05) is 42.6 Å². The molecule has 0 N–H and O–H groups in total. The van der Waals surface area contributed by atoms with Gasteiger partial charge in [0.2, 0.25) is 10.0 Å². The predicted octanol–water partition coefficient (Wildman–Crippen LogP) is 2.15. The van der Waals surface area contributed by atoms with Crippen LogP contribution >= 0.6 is 0 Å². The molecule has 1 aromatic heterocycles. The molecular weight excluding hydrogens is 362 g/mol. The summed E-state index contributed by atoms with van der Waals surface area (Å²) in [5.41, 5.74) is 2.20. The minimum Gasteiger partial charge on any atom is -0.495 e. The molecule has 0 unspecified atom stereocenters. The summed E-state index contributed by atoms with van der Waals surface area (Å²) in [6.07, 6.45) is 4.90. The number of ether oxygens (including phenoxy) is 1. The first-order valence-corrected chi connectivity index (χ1v) is 11.0. The van der Waals surface area contributed by atoms with Crippen LogP contribution in [0, 0.1) is 11.8 Å². The van der Waals surface area contributed by atoms with Crippen molar-refractivity contribution in [1.82, 2.24) is 14.2 Å². The Labute approximate surface area is 160 Å². The molecule has 2 fully saturated rings. The molecule has 2 aliphatic rings. The van der Waals surface area contributed by atoms with Crippen molar-refractivity contribution in [3.63, 3.8) is 0 Å². The first-order chi connectivity index (χ1) is 13.0. The minimum atomic E-state index is -3.24. The van der Waals surface area contributed by atoms with E-state index in [4.69, 9.17) is 4.74 Å². The number of likely N-dealkylation sites (tertiary alicyclic amines) is 1. The van der Waals surface area contributed by atoms with E-state index in [-0.39, 0.29) is 6.04 Å². The van der Waals surface area contributed by atoms with E-state index in [9.17, 15) is 8.42 Å². The smallest absolute Gasteiger partial charge is 0.211 e. The number of hydrogen-bond acceptors (Lipinski definition) is 5. The Bertz CT molecular complexity index is 904. The summed E-state index contributed by atoms with van der Waals surface area (Å²) >= 11 is 0. The van der Waals surface area contributed by atoms with Gasteiger partial charge in [0, 0.05) is 32.4 Å². The third-order valence-electron chi connectivity index (χ3n) is 5.68. The van der Waals surface area contributed by atoms with Gasteiger partial charge in [-0.2, -0.15) is 4.31 Å². The third-order valence-corrected chi connectivity index (χ3v) is 6.90. The molecule has 0 amide bonds. The van der Waals surface area contributed by atoms with Crippen LogP contribution < -0.4 is 4.74 Å². The first-order valence-electron chi connectivity index (χ1n) is 9.18. The Balaban J connectivity index is 1.55. The number of aromatic nitrogens is 1. The van der Waals surface area contributed by atoms with E-state index in [1.54, 1.807) is 17.6 Å². The molecule has 4 rings (SSSR count). The molecule has 0 radical (unpaired) electrons. The molecule has 3 atom stereocenters. The zero-order chi connectivity index (χ0) is 19.0. The van der Waals surface area contributed by atoms with Crippen LogP contribution in [0.1, 0.15) is 17.2 Å². The first kappa shape index (κ1) is 18.4. The maximum Gasteiger partial charge on any atom is 0.211 e. The maximum absolute atomic E-state index is 12.4. The van der Waals surface area contributed by atoms with Gasteiger partial charge < -0.3 is 4.74 Å². The molecule has 0 saturated carbocycles. The highest BCUT2D eigenvalue weighted by atomic mass is 32.2. The summed E-state index contributed by atoms with van der Waals surface area (Å²) in [4.78, 5) is 6.64. The van der Waals surface area contributed by atoms with Crippen molar-refractivity contribution in [2.75, 3.05) is 33.0 Å². The second kappa shape index (κ2) is 7.22. The van der Waals surface area contributed by atoms with Gasteiger partial charge in [0.1, 0.15) is 5.75 Å². The molecule has 3 heterocycles. The average Bonchev–Trinajstić information content (AvgIpc) is 3.19. The number of nitrogens with zero attached hydrogens (tertiary/aromatic N) is 3. The van der Waals surface area contributed by atoms with Crippen LogP contribution in [-0.4, -0.2) is 55.6 Å². The van der Waals surface area contributed by atoms with Crippen molar-refractivity contribution >= 4 is 10.0 Å². The van der Waals surface area contributed by atoms with Gasteiger partial charge in [-0.05, 0) is 29.0 Å². The standard InChI is InChI=1S/C20H25N3O3S/c1-26-18-8-15(9-21-10-18)11-22-12-17-13-23(27(2,24)25)20(19(17)14-22)16-6-4-3-5-7-16/h3-10,17,19-20H,11-14H2,1-2H3/t17-,19-,20+/m1/s1. The highest BCUT2D eigenvalue weighted by Crippen LogP contribution is 2.46. The third kappa shape index (κ3) is 3.72. The lowest BCUT2D eigenvalue weighted by molar-refractivity contribution is 0.260. The van der Waals surface area contributed by atoms with E-state index < -0.39 is 10.0 Å². The van der Waals surface area contributed by atoms with Crippen LogP contribution in [0.2, 0.25) is 0 Å². The summed E-state index contributed by atoms with van der Waals surface area (Å²) in [6, 6.07) is 11.9. The monoisotopic (exact) mass is 387 g/mol. The lowest BCUT2D eigenvalue weighted by Crippen LogP contribution is -2.34. The summed E-state index contributed by atoms with van der Waals surface area (Å²) in [7, 11) is -1.59. The number of rotatable bonds is 5. The van der Waals surface area contributed by atoms with Gasteiger partial charge in [-0.25, -0.2) is 8.42 Å². The number of benzene rings is 1. The number of hydrogen-bond donors (Lipinski definition) is 0. The molecule has 0 spiro atoms. The topological polar surface area (TPSA) is 62.7 Å². The minimum absolute atomic E-state index is 0.0837. The highest BCUT2D eigenvalue weighted by Gasteiger charge is 2.50. The SMILES string of the molecule is COc1cncc(CN2C[C@@H]3CN(S(C)(=O)=O)[C@@H](c4ccccc4)[C@@H]3C2)c1. The molecule has 2 aliphatic heterocycles. The zero-order valence-electron chi connectivity index (χ0n) is 15.7. The normalized spacial score (nSPS) is 26.2. The largest absolute Gasteiger partial charge is 0.495 e. The van der Waals surface area contributed by atoms with Crippen molar-refractivity contribution in [2.45, 2.75) is 12.6 Å². The quantitative estimate of drug-likeness (QED) is 0.787. The van der Waals surface area contributed by atoms with Gasteiger partial charge in [0.15, 0.2) is 0 Å². The summed E-state index contributed by atoms with van der Waals surface area (Å²) in [5.74, 6) is 1.42. The van der Waals surface area contributed by atoms with Crippen molar-refractivity contribution in [3.8, 4) is 5.75 Å². The molecule has 2 aromatic rings. The summed E-state index contributed by atoms with van der Waals surface area (Å²) in [5, 5.41) is 0. The van der Waals surface area contributed by atoms with E-state index >= 15 is 0 Å². The van der Waals surface area contributed by atoms with E-state index in [0.29, 0.717) is 18.4 Å². The Morgan fingerprint density at radius 1 is 1.15 bits per heavy atom. The number of fused-ring (bicyclic) bond motifs is 1. The maximum atomic E-state index is 12.4. The molecule has 0 aliphatic carbocycles. The number of sulfonamides is 1. The number of methoxy groups -OCH3 is 1. The fourth-order valence-electron chi connectivity index (χ4n) is 4.55. The van der Waals surface area contributed by atoms with Gasteiger partial charge in [0.25, 0.3) is 0 Å². The second-order valence-corrected chi connectivity index (χ2v) is 9.47. The van der Waals surface area contributed by atoms with Crippen LogP contribution in [0.15, 0.2) is 48.8 Å². The van der Waals surface area contributed by atoms with Gasteiger partial charge in [-0.1, -0.05) is 30.3 Å². The highest BCUT2D eigenvalue weighted by molar-refractivity contribution is 7.88. The van der Waals surface area contributed by atoms with Crippen molar-refractivity contribution < 1.29 is 13.2 Å². The van der Waals surface area contributed by atoms with Crippen LogP contribution in [-0.2, 0) is 16.6 Å². The summed E-state index contributed by atoms with van der Waals surface area (Å²) in [6.45, 7) is 3.18. The fraction of sp³-hybridized carbons (Fsp3) is 0.450. The molecule has 27 heavy (non-hydrogen) atoms. The molecule has 6 nitrogen and oxygen atoms in total. The van der Waals surface area contributed by atoms with Gasteiger partial charge >= 0.3 is 0 Å². The molecule has 144 valence electrons. The Kier molecular flexibility index (Phi) is 4.92. The molecule has 7 heteroatoms. The number of pyridine rings is 1. The Hall–Kier alpha value is -1.96. The predicted molar refractivity (Wildman–Crippen MR) is 104 cm³/mol. The fourth-order valence-corrected chi connectivity index (χ4v) is 5.71. The lowest BCUT2D eigenvalue weighted by Gasteiger charge is -2.28. The van der Waals surface area contributed by atoms with E-state index in [0.717, 1.165) is 36.5 Å². The van der Waals surface area contributed by atoms with Gasteiger partial charge in [-0.3, -0.25) is 9.88 Å². The Morgan fingerprint density at radius 2 is 1.93 bits per heavy atom. The molecule has 1 aromatic carbocycles. The molecular formula is C20H25N3O3S. The average molecular weight is 388 g/mol.